The fraction of sp³-hybridized carbons (Fsp3) is 0.412. The van der Waals surface area contributed by atoms with Gasteiger partial charge in [-0.05, 0) is 36.9 Å². The highest BCUT2D eigenvalue weighted by molar-refractivity contribution is 7.10. The van der Waals surface area contributed by atoms with E-state index in [4.69, 9.17) is 0 Å². The summed E-state index contributed by atoms with van der Waals surface area (Å²) in [6, 6.07) is 13.8. The van der Waals surface area contributed by atoms with Crippen molar-refractivity contribution in [3.63, 3.8) is 0 Å². The van der Waals surface area contributed by atoms with Crippen LogP contribution in [0.1, 0.15) is 28.5 Å². The summed E-state index contributed by atoms with van der Waals surface area (Å²) in [5.41, 5.74) is 2.77. The van der Waals surface area contributed by atoms with Gasteiger partial charge >= 0.3 is 0 Å². The van der Waals surface area contributed by atoms with Crippen molar-refractivity contribution < 1.29 is 0 Å². The summed E-state index contributed by atoms with van der Waals surface area (Å²) in [6.45, 7) is 6.70. The summed E-state index contributed by atoms with van der Waals surface area (Å²) < 4.78 is 0. The molecule has 1 aliphatic heterocycles. The zero-order chi connectivity index (χ0) is 13.8. The highest BCUT2D eigenvalue weighted by Crippen LogP contribution is 2.32. The fourth-order valence-corrected chi connectivity index (χ4v) is 3.85. The van der Waals surface area contributed by atoms with Crippen LogP contribution in [0, 0.1) is 6.92 Å². The van der Waals surface area contributed by atoms with Gasteiger partial charge in [-0.25, -0.2) is 0 Å². The Hall–Kier alpha value is -1.16. The smallest absolute Gasteiger partial charge is 0.0696 e. The number of hydrogen-bond donors (Lipinski definition) is 1. The monoisotopic (exact) mass is 286 g/mol. The van der Waals surface area contributed by atoms with Crippen LogP contribution in [0.4, 0.5) is 0 Å². The van der Waals surface area contributed by atoms with Crippen LogP contribution < -0.4 is 5.32 Å². The average Bonchev–Trinajstić information content (AvgIpc) is 2.83. The second-order valence-electron chi connectivity index (χ2n) is 5.47. The normalized spacial score (nSPS) is 18.6. The number of thiophene rings is 1. The standard InChI is InChI=1S/C17H22N2S/c1-14-5-2-6-15(13-14)17(16-7-3-12-20-16)19-10-4-8-18-9-11-19/h2-3,5-7,12-13,17-18H,4,8-11H2,1H3. The Kier molecular flexibility index (Phi) is 4.51. The van der Waals surface area contributed by atoms with Crippen LogP contribution in [-0.4, -0.2) is 31.1 Å². The first kappa shape index (κ1) is 13.8. The molecular formula is C17H22N2S. The highest BCUT2D eigenvalue weighted by atomic mass is 32.1. The summed E-state index contributed by atoms with van der Waals surface area (Å²) in [7, 11) is 0. The van der Waals surface area contributed by atoms with E-state index in [9.17, 15) is 0 Å². The second kappa shape index (κ2) is 6.53. The molecule has 2 heterocycles. The number of hydrogen-bond acceptors (Lipinski definition) is 3. The highest BCUT2D eigenvalue weighted by Gasteiger charge is 2.23. The molecule has 106 valence electrons. The van der Waals surface area contributed by atoms with Crippen LogP contribution >= 0.6 is 11.3 Å². The predicted molar refractivity (Wildman–Crippen MR) is 86.4 cm³/mol. The zero-order valence-corrected chi connectivity index (χ0v) is 12.8. The SMILES string of the molecule is Cc1cccc(C(c2cccs2)N2CCCNCC2)c1. The molecule has 1 unspecified atom stereocenters. The third-order valence-corrected chi connectivity index (χ3v) is 4.84. The predicted octanol–water partition coefficient (Wildman–Crippen LogP) is 3.44. The number of nitrogens with one attached hydrogen (secondary N) is 1. The Morgan fingerprint density at radius 2 is 2.10 bits per heavy atom. The number of benzene rings is 1. The molecule has 1 saturated heterocycles. The minimum Gasteiger partial charge on any atom is -0.315 e. The molecule has 0 radical (unpaired) electrons. The van der Waals surface area contributed by atoms with Crippen molar-refractivity contribution >= 4 is 11.3 Å². The van der Waals surface area contributed by atoms with Crippen LogP contribution in [-0.2, 0) is 0 Å². The van der Waals surface area contributed by atoms with Crippen molar-refractivity contribution in [3.8, 4) is 0 Å². The van der Waals surface area contributed by atoms with E-state index >= 15 is 0 Å². The first-order chi connectivity index (χ1) is 9.84. The van der Waals surface area contributed by atoms with E-state index in [0.717, 1.165) is 19.6 Å². The summed E-state index contributed by atoms with van der Waals surface area (Å²) in [6.07, 6.45) is 1.23. The Labute approximate surface area is 125 Å². The first-order valence-corrected chi connectivity index (χ1v) is 8.27. The van der Waals surface area contributed by atoms with E-state index in [0.29, 0.717) is 6.04 Å². The zero-order valence-electron chi connectivity index (χ0n) is 12.0. The summed E-state index contributed by atoms with van der Waals surface area (Å²) in [5.74, 6) is 0. The van der Waals surface area contributed by atoms with Gasteiger partial charge < -0.3 is 5.32 Å². The average molecular weight is 286 g/mol. The lowest BCUT2D eigenvalue weighted by atomic mass is 10.0. The van der Waals surface area contributed by atoms with E-state index in [1.165, 1.54) is 29.0 Å². The molecule has 1 atom stereocenters. The van der Waals surface area contributed by atoms with Crippen LogP contribution in [0.5, 0.6) is 0 Å². The van der Waals surface area contributed by atoms with E-state index in [1.54, 1.807) is 0 Å². The molecule has 1 fully saturated rings. The van der Waals surface area contributed by atoms with Gasteiger partial charge in [0, 0.05) is 24.5 Å². The molecule has 0 amide bonds. The molecule has 1 aromatic carbocycles. The third kappa shape index (κ3) is 3.11. The number of rotatable bonds is 3. The molecule has 2 aromatic rings. The van der Waals surface area contributed by atoms with Crippen molar-refractivity contribution in [1.29, 1.82) is 0 Å². The number of nitrogens with zero attached hydrogens (tertiary/aromatic N) is 1. The summed E-state index contributed by atoms with van der Waals surface area (Å²) in [5, 5.41) is 5.69. The maximum Gasteiger partial charge on any atom is 0.0696 e. The van der Waals surface area contributed by atoms with Gasteiger partial charge in [-0.1, -0.05) is 35.9 Å². The van der Waals surface area contributed by atoms with Gasteiger partial charge in [-0.2, -0.15) is 0 Å². The van der Waals surface area contributed by atoms with E-state index in [2.05, 4.69) is 58.9 Å². The van der Waals surface area contributed by atoms with Crippen molar-refractivity contribution in [1.82, 2.24) is 10.2 Å². The lowest BCUT2D eigenvalue weighted by Crippen LogP contribution is -2.32. The van der Waals surface area contributed by atoms with Crippen molar-refractivity contribution in [3.05, 3.63) is 57.8 Å². The Morgan fingerprint density at radius 1 is 1.15 bits per heavy atom. The minimum atomic E-state index is 0.412. The lowest BCUT2D eigenvalue weighted by Gasteiger charge is -2.30. The van der Waals surface area contributed by atoms with E-state index in [-0.39, 0.29) is 0 Å². The molecule has 0 saturated carbocycles. The second-order valence-corrected chi connectivity index (χ2v) is 6.45. The Morgan fingerprint density at radius 3 is 2.90 bits per heavy atom. The molecule has 1 aromatic heterocycles. The topological polar surface area (TPSA) is 15.3 Å². The molecule has 2 nitrogen and oxygen atoms in total. The Balaban J connectivity index is 1.95. The van der Waals surface area contributed by atoms with Gasteiger partial charge in [-0.15, -0.1) is 11.3 Å². The number of aryl methyl sites for hydroxylation is 1. The van der Waals surface area contributed by atoms with Crippen LogP contribution in [0.15, 0.2) is 41.8 Å². The molecular weight excluding hydrogens is 264 g/mol. The molecule has 3 rings (SSSR count). The van der Waals surface area contributed by atoms with Crippen molar-refractivity contribution in [2.24, 2.45) is 0 Å². The van der Waals surface area contributed by atoms with Crippen molar-refractivity contribution in [2.75, 3.05) is 26.2 Å². The minimum absolute atomic E-state index is 0.412. The maximum absolute atomic E-state index is 3.50. The molecule has 0 spiro atoms. The van der Waals surface area contributed by atoms with Gasteiger partial charge in [0.2, 0.25) is 0 Å². The van der Waals surface area contributed by atoms with E-state index < -0.39 is 0 Å². The first-order valence-electron chi connectivity index (χ1n) is 7.39. The van der Waals surface area contributed by atoms with Gasteiger partial charge in [-0.3, -0.25) is 4.90 Å². The van der Waals surface area contributed by atoms with Crippen molar-refractivity contribution in [2.45, 2.75) is 19.4 Å². The van der Waals surface area contributed by atoms with Gasteiger partial charge in [0.1, 0.15) is 0 Å². The van der Waals surface area contributed by atoms with Crippen LogP contribution in [0.25, 0.3) is 0 Å². The Bertz CT molecular complexity index is 528. The largest absolute Gasteiger partial charge is 0.315 e. The fourth-order valence-electron chi connectivity index (χ4n) is 2.97. The van der Waals surface area contributed by atoms with Gasteiger partial charge in [0.15, 0.2) is 0 Å². The van der Waals surface area contributed by atoms with E-state index in [1.807, 2.05) is 11.3 Å². The molecule has 1 aliphatic rings. The van der Waals surface area contributed by atoms with Crippen LogP contribution in [0.2, 0.25) is 0 Å². The molecule has 0 bridgehead atoms. The van der Waals surface area contributed by atoms with Gasteiger partial charge in [0.05, 0.1) is 6.04 Å². The summed E-state index contributed by atoms with van der Waals surface area (Å²) in [4.78, 5) is 4.08. The third-order valence-electron chi connectivity index (χ3n) is 3.91. The quantitative estimate of drug-likeness (QED) is 0.930. The lowest BCUT2D eigenvalue weighted by molar-refractivity contribution is 0.244. The molecule has 0 aliphatic carbocycles. The molecule has 1 N–H and O–H groups in total. The maximum atomic E-state index is 3.50. The van der Waals surface area contributed by atoms with Gasteiger partial charge in [0.25, 0.3) is 0 Å². The molecule has 20 heavy (non-hydrogen) atoms. The van der Waals surface area contributed by atoms with Crippen LogP contribution in [0.3, 0.4) is 0 Å². The summed E-state index contributed by atoms with van der Waals surface area (Å²) >= 11 is 1.87. The molecule has 3 heteroatoms.